The standard InChI is InChI=1S/C37H40FN3O11/c1-22-2-7-31(38)24(12-22)14-26(44)13-23-3-5-29(6-4-23)52-30-10-11-39-34(16-30)33-15-25(17-40-33)36(48)41-32(37(49)51-21-28(46)19-43)8-9-35(47)50-20-27(45)18-42/h2-7,10-12,15-17,27-28,32,40,42-43,45-46H,8-9,13-14,18-21H2,1H3,(H,41,48)/t27?,28?,32-/m0/s1. The minimum Gasteiger partial charge on any atom is -0.463 e. The number of hydrogen-bond donors (Lipinski definition) is 6. The Morgan fingerprint density at radius 2 is 1.60 bits per heavy atom. The molecule has 0 spiro atoms. The Morgan fingerprint density at radius 1 is 0.885 bits per heavy atom. The number of esters is 2. The van der Waals surface area contributed by atoms with E-state index in [4.69, 9.17) is 24.4 Å². The summed E-state index contributed by atoms with van der Waals surface area (Å²) in [6, 6.07) is 15.0. The van der Waals surface area contributed by atoms with Crippen molar-refractivity contribution in [3.63, 3.8) is 0 Å². The highest BCUT2D eigenvalue weighted by molar-refractivity contribution is 5.97. The van der Waals surface area contributed by atoms with Gasteiger partial charge in [-0.15, -0.1) is 0 Å². The second-order valence-corrected chi connectivity index (χ2v) is 12.0. The van der Waals surface area contributed by atoms with Crippen molar-refractivity contribution in [1.29, 1.82) is 0 Å². The molecule has 14 nitrogen and oxygen atoms in total. The molecule has 4 aromatic rings. The molecule has 2 aromatic carbocycles. The number of benzene rings is 2. The average molecular weight is 722 g/mol. The molecule has 0 bridgehead atoms. The van der Waals surface area contributed by atoms with E-state index in [1.165, 1.54) is 24.5 Å². The number of aromatic amines is 1. The number of aryl methyl sites for hydroxylation is 1. The third-order valence-electron chi connectivity index (χ3n) is 7.60. The van der Waals surface area contributed by atoms with Gasteiger partial charge in [0.1, 0.15) is 54.6 Å². The minimum atomic E-state index is -1.34. The Hall–Kier alpha value is -5.48. The second-order valence-electron chi connectivity index (χ2n) is 12.0. The van der Waals surface area contributed by atoms with Gasteiger partial charge in [0.05, 0.1) is 30.2 Å². The highest BCUT2D eigenvalue weighted by atomic mass is 19.1. The quantitative estimate of drug-likeness (QED) is 0.0770. The van der Waals surface area contributed by atoms with Crippen LogP contribution in [0.2, 0.25) is 0 Å². The predicted molar refractivity (Wildman–Crippen MR) is 183 cm³/mol. The molecule has 0 fully saturated rings. The van der Waals surface area contributed by atoms with Crippen molar-refractivity contribution in [2.45, 2.75) is 50.9 Å². The lowest BCUT2D eigenvalue weighted by molar-refractivity contribution is -0.151. The maximum atomic E-state index is 14.1. The molecule has 52 heavy (non-hydrogen) atoms. The minimum absolute atomic E-state index is 0.00709. The molecule has 4 rings (SSSR count). The van der Waals surface area contributed by atoms with Crippen LogP contribution in [-0.4, -0.2) is 98.7 Å². The lowest BCUT2D eigenvalue weighted by Crippen LogP contribution is -2.43. The summed E-state index contributed by atoms with van der Waals surface area (Å²) in [6.07, 6.45) is -0.205. The summed E-state index contributed by atoms with van der Waals surface area (Å²) in [4.78, 5) is 57.8. The number of carbonyl (C=O) groups is 4. The number of halogens is 1. The Morgan fingerprint density at radius 3 is 2.31 bits per heavy atom. The predicted octanol–water partition coefficient (Wildman–Crippen LogP) is 2.34. The van der Waals surface area contributed by atoms with E-state index in [1.54, 1.807) is 48.5 Å². The molecular formula is C37H40FN3O11. The van der Waals surface area contributed by atoms with Crippen LogP contribution < -0.4 is 10.1 Å². The smallest absolute Gasteiger partial charge is 0.328 e. The maximum Gasteiger partial charge on any atom is 0.328 e. The molecule has 15 heteroatoms. The summed E-state index contributed by atoms with van der Waals surface area (Å²) in [5.74, 6) is -2.09. The summed E-state index contributed by atoms with van der Waals surface area (Å²) in [6.45, 7) is -0.445. The van der Waals surface area contributed by atoms with Gasteiger partial charge in [-0.05, 0) is 54.8 Å². The first-order valence-corrected chi connectivity index (χ1v) is 16.3. The van der Waals surface area contributed by atoms with Gasteiger partial charge in [-0.3, -0.25) is 19.4 Å². The monoisotopic (exact) mass is 721 g/mol. The van der Waals surface area contributed by atoms with Crippen LogP contribution in [0.4, 0.5) is 4.39 Å². The zero-order valence-electron chi connectivity index (χ0n) is 28.3. The summed E-state index contributed by atoms with van der Waals surface area (Å²) in [5, 5.41) is 39.3. The van der Waals surface area contributed by atoms with E-state index < -0.39 is 68.3 Å². The van der Waals surface area contributed by atoms with E-state index in [0.717, 1.165) is 11.1 Å². The SMILES string of the molecule is Cc1ccc(F)c(CC(=O)Cc2ccc(Oc3ccnc(-c4cc(C(=O)N[C@@H](CCC(=O)OCC(O)CO)C(=O)OCC(O)CO)c[nH]4)c3)cc2)c1. The highest BCUT2D eigenvalue weighted by Crippen LogP contribution is 2.26. The Labute approximate surface area is 298 Å². The van der Waals surface area contributed by atoms with Gasteiger partial charge in [-0.2, -0.15) is 0 Å². The first kappa shape index (κ1) is 39.3. The van der Waals surface area contributed by atoms with E-state index in [9.17, 15) is 33.8 Å². The molecule has 0 saturated carbocycles. The van der Waals surface area contributed by atoms with Crippen molar-refractivity contribution in [2.24, 2.45) is 0 Å². The maximum absolute atomic E-state index is 14.1. The van der Waals surface area contributed by atoms with Gasteiger partial charge >= 0.3 is 11.9 Å². The van der Waals surface area contributed by atoms with Gasteiger partial charge in [0.25, 0.3) is 5.91 Å². The molecule has 6 N–H and O–H groups in total. The molecule has 2 heterocycles. The number of aliphatic hydroxyl groups excluding tert-OH is 4. The van der Waals surface area contributed by atoms with E-state index in [-0.39, 0.29) is 37.0 Å². The van der Waals surface area contributed by atoms with Crippen molar-refractivity contribution < 1.29 is 58.2 Å². The van der Waals surface area contributed by atoms with Crippen molar-refractivity contribution in [2.75, 3.05) is 26.4 Å². The molecule has 0 aliphatic heterocycles. The normalized spacial score (nSPS) is 12.7. The number of hydrogen-bond acceptors (Lipinski definition) is 12. The molecule has 1 amide bonds. The van der Waals surface area contributed by atoms with Gasteiger partial charge < -0.3 is 44.9 Å². The molecule has 3 atom stereocenters. The van der Waals surface area contributed by atoms with Crippen LogP contribution in [0.5, 0.6) is 11.5 Å². The molecule has 0 radical (unpaired) electrons. The second kappa shape index (κ2) is 19.2. The zero-order valence-corrected chi connectivity index (χ0v) is 28.3. The lowest BCUT2D eigenvalue weighted by Gasteiger charge is -2.18. The van der Waals surface area contributed by atoms with Crippen LogP contribution in [0.25, 0.3) is 11.4 Å². The van der Waals surface area contributed by atoms with Crippen LogP contribution >= 0.6 is 0 Å². The molecule has 0 saturated heterocycles. The summed E-state index contributed by atoms with van der Waals surface area (Å²) in [5.41, 5.74) is 2.95. The van der Waals surface area contributed by atoms with Gasteiger partial charge in [-0.1, -0.05) is 29.8 Å². The van der Waals surface area contributed by atoms with Gasteiger partial charge in [0.15, 0.2) is 0 Å². The lowest BCUT2D eigenvalue weighted by atomic mass is 10.0. The fourth-order valence-electron chi connectivity index (χ4n) is 4.85. The largest absolute Gasteiger partial charge is 0.463 e. The number of aliphatic hydroxyl groups is 4. The van der Waals surface area contributed by atoms with Gasteiger partial charge in [-0.25, -0.2) is 9.18 Å². The number of amides is 1. The van der Waals surface area contributed by atoms with Crippen molar-refractivity contribution >= 4 is 23.6 Å². The van der Waals surface area contributed by atoms with Crippen LogP contribution in [0.15, 0.2) is 73.1 Å². The van der Waals surface area contributed by atoms with E-state index in [0.29, 0.717) is 28.5 Å². The number of H-pyrrole nitrogens is 1. The third-order valence-corrected chi connectivity index (χ3v) is 7.60. The van der Waals surface area contributed by atoms with Crippen molar-refractivity contribution in [3.8, 4) is 22.9 Å². The van der Waals surface area contributed by atoms with Crippen molar-refractivity contribution in [1.82, 2.24) is 15.3 Å². The number of nitrogens with one attached hydrogen (secondary N) is 2. The van der Waals surface area contributed by atoms with E-state index in [2.05, 4.69) is 15.3 Å². The summed E-state index contributed by atoms with van der Waals surface area (Å²) < 4.78 is 29.9. The third kappa shape index (κ3) is 12.1. The van der Waals surface area contributed by atoms with Crippen LogP contribution in [0.3, 0.4) is 0 Å². The fourth-order valence-corrected chi connectivity index (χ4v) is 4.85. The molecule has 276 valence electrons. The van der Waals surface area contributed by atoms with Gasteiger partial charge in [0.2, 0.25) is 0 Å². The van der Waals surface area contributed by atoms with Gasteiger partial charge in [0, 0.05) is 37.7 Å². The van der Waals surface area contributed by atoms with Crippen LogP contribution in [0, 0.1) is 12.7 Å². The summed E-state index contributed by atoms with van der Waals surface area (Å²) >= 11 is 0. The number of nitrogens with zero attached hydrogens (tertiary/aromatic N) is 1. The number of carbonyl (C=O) groups excluding carboxylic acids is 4. The first-order chi connectivity index (χ1) is 24.9. The van der Waals surface area contributed by atoms with Crippen LogP contribution in [-0.2, 0) is 36.7 Å². The van der Waals surface area contributed by atoms with Crippen LogP contribution in [0.1, 0.15) is 39.9 Å². The average Bonchev–Trinajstić information content (AvgIpc) is 3.64. The Kier molecular flexibility index (Phi) is 14.5. The fraction of sp³-hybridized carbons (Fsp3) is 0.324. The number of Topliss-reactive ketones (excluding diaryl/α,β-unsaturated/α-hetero) is 1. The number of ether oxygens (including phenoxy) is 3. The number of aromatic nitrogens is 2. The van der Waals surface area contributed by atoms with E-state index in [1.807, 2.05) is 6.92 Å². The molecular weight excluding hydrogens is 681 g/mol. The van der Waals surface area contributed by atoms with Crippen molar-refractivity contribution in [3.05, 3.63) is 101 Å². The topological polar surface area (TPSA) is 218 Å². The summed E-state index contributed by atoms with van der Waals surface area (Å²) in [7, 11) is 0. The molecule has 2 aromatic heterocycles. The number of ketones is 1. The first-order valence-electron chi connectivity index (χ1n) is 16.3. The molecule has 0 aliphatic rings. The Bertz CT molecular complexity index is 1830. The van der Waals surface area contributed by atoms with E-state index >= 15 is 0 Å². The molecule has 0 aliphatic carbocycles. The number of rotatable bonds is 19. The number of pyridine rings is 1. The molecule has 2 unspecified atom stereocenters. The highest BCUT2D eigenvalue weighted by Gasteiger charge is 2.26. The zero-order chi connectivity index (χ0) is 37.6. The Balaban J connectivity index is 1.36.